The van der Waals surface area contributed by atoms with Crippen LogP contribution >= 0.6 is 24.1 Å². The van der Waals surface area contributed by atoms with Gasteiger partial charge >= 0.3 is 0 Å². The van der Waals surface area contributed by atoms with Crippen LogP contribution in [-0.4, -0.2) is 68.7 Å². The second-order valence-electron chi connectivity index (χ2n) is 9.67. The molecule has 0 aliphatic rings. The van der Waals surface area contributed by atoms with Gasteiger partial charge in [0.1, 0.15) is 34.3 Å². The van der Waals surface area contributed by atoms with Crippen molar-refractivity contribution in [1.82, 2.24) is 0 Å². The molecule has 0 atom stereocenters. The van der Waals surface area contributed by atoms with E-state index in [4.69, 9.17) is 20.4 Å². The van der Waals surface area contributed by atoms with Crippen molar-refractivity contribution in [3.63, 3.8) is 0 Å². The maximum Gasteiger partial charge on any atom is 0.296 e. The normalized spacial score (nSPS) is 12.0. The molecule has 0 spiro atoms. The molecule has 4 aromatic carbocycles. The Hall–Kier alpha value is -4.57. The molecule has 0 bridgehead atoms. The number of aliphatic hydroxyl groups is 2. The first-order valence-corrected chi connectivity index (χ1v) is 16.8. The molecule has 0 aromatic heterocycles. The molecule has 0 aliphatic heterocycles. The number of hydrogen-bond donors (Lipinski definition) is 7. The Labute approximate surface area is 294 Å². The molecule has 4 rings (SSSR count). The number of azo groups is 2. The predicted molar refractivity (Wildman–Crippen MR) is 174 cm³/mol. The van der Waals surface area contributed by atoms with Gasteiger partial charge in [0, 0.05) is 24.8 Å². The summed E-state index contributed by atoms with van der Waals surface area (Å²) in [4.78, 5) is 9.15. The summed E-state index contributed by atoms with van der Waals surface area (Å²) in [5, 5.41) is 92.0. The van der Waals surface area contributed by atoms with Crippen molar-refractivity contribution in [2.24, 2.45) is 20.5 Å². The minimum absolute atomic E-state index is 0.0307. The van der Waals surface area contributed by atoms with E-state index in [0.717, 1.165) is 30.3 Å². The average molecular weight is 772 g/mol. The van der Waals surface area contributed by atoms with Crippen molar-refractivity contribution >= 4 is 73.4 Å². The SMILES string of the molecule is O=[N+]([O-])c1ccc(/N=N/c2c(S(=O)(=O)O)cc3cc(SOOO)c(/N=N/c4cc(OCCO)ccc4CCCO)c(O)c3c2O)c(SOOO)c1. The fraction of sp³-hybridized carbons (Fsp3) is 0.185. The van der Waals surface area contributed by atoms with E-state index in [9.17, 15) is 38.4 Å². The number of nitro groups is 1. The Bertz CT molecular complexity index is 2070. The number of ether oxygens (including phenoxy) is 1. The Balaban J connectivity index is 1.93. The fourth-order valence-corrected chi connectivity index (χ4v) is 5.98. The summed E-state index contributed by atoms with van der Waals surface area (Å²) in [7, 11) is -5.17. The van der Waals surface area contributed by atoms with Gasteiger partial charge in [0.2, 0.25) is 0 Å². The summed E-state index contributed by atoms with van der Waals surface area (Å²) in [6.45, 7) is -0.437. The van der Waals surface area contributed by atoms with E-state index in [-0.39, 0.29) is 70.5 Å². The second-order valence-corrected chi connectivity index (χ2v) is 12.5. The van der Waals surface area contributed by atoms with Crippen LogP contribution in [0, 0.1) is 10.1 Å². The van der Waals surface area contributed by atoms with Crippen LogP contribution in [0.4, 0.5) is 28.4 Å². The lowest BCUT2D eigenvalue weighted by molar-refractivity contribution is -0.432. The lowest BCUT2D eigenvalue weighted by Gasteiger charge is -2.14. The zero-order chi connectivity index (χ0) is 37.1. The standard InChI is InChI=1S/C27H25N5O16S3/c33-7-1-2-14-3-5-17(44-9-8-34)13-19(14)29-30-24-21(50-48-46-40)10-15-11-22(51(41,42)43)25(27(36)23(15)26(24)35)31-28-18-6-4-16(32(37)38)12-20(18)49-47-45-39/h3-6,10-13,33-36,39-40H,1-2,7-9H2,(H,41,42,43)/b30-29+,31-28+. The predicted octanol–water partition coefficient (Wildman–Crippen LogP) is 6.39. The van der Waals surface area contributed by atoms with Crippen molar-refractivity contribution in [2.75, 3.05) is 19.8 Å². The molecular formula is C27H25N5O16S3. The molecule has 0 saturated carbocycles. The summed E-state index contributed by atoms with van der Waals surface area (Å²) in [6, 6.07) is 9.69. The van der Waals surface area contributed by atoms with Crippen LogP contribution in [0.25, 0.3) is 10.8 Å². The molecule has 0 heterocycles. The zero-order valence-electron chi connectivity index (χ0n) is 25.4. The number of fused-ring (bicyclic) bond motifs is 1. The topological polar surface area (TPSA) is 314 Å². The number of nitrogens with zero attached hydrogens (tertiary/aromatic N) is 5. The number of rotatable bonds is 18. The highest BCUT2D eigenvalue weighted by molar-refractivity contribution is 7.95. The van der Waals surface area contributed by atoms with Crippen molar-refractivity contribution in [3.8, 4) is 17.2 Å². The van der Waals surface area contributed by atoms with Crippen LogP contribution in [0.5, 0.6) is 17.2 Å². The lowest BCUT2D eigenvalue weighted by atomic mass is 10.1. The number of nitro benzene ring substituents is 1. The van der Waals surface area contributed by atoms with E-state index in [1.165, 1.54) is 6.07 Å². The zero-order valence-corrected chi connectivity index (χ0v) is 27.9. The van der Waals surface area contributed by atoms with Crippen molar-refractivity contribution in [1.29, 1.82) is 0 Å². The number of hydrogen-bond acceptors (Lipinski definition) is 21. The fourth-order valence-electron chi connectivity index (χ4n) is 4.36. The molecule has 7 N–H and O–H groups in total. The molecule has 0 saturated heterocycles. The van der Waals surface area contributed by atoms with Gasteiger partial charge in [0.05, 0.1) is 56.5 Å². The molecule has 4 aromatic rings. The van der Waals surface area contributed by atoms with Crippen molar-refractivity contribution in [3.05, 3.63) is 64.2 Å². The highest BCUT2D eigenvalue weighted by Gasteiger charge is 2.27. The highest BCUT2D eigenvalue weighted by atomic mass is 32.2. The van der Waals surface area contributed by atoms with Gasteiger partial charge in [-0.2, -0.15) is 8.42 Å². The molecule has 24 heteroatoms. The molecule has 0 aliphatic carbocycles. The minimum atomic E-state index is -5.17. The molecule has 0 amide bonds. The second kappa shape index (κ2) is 18.1. The number of non-ortho nitro benzene ring substituents is 1. The number of aryl methyl sites for hydroxylation is 1. The molecular weight excluding hydrogens is 747 g/mol. The van der Waals surface area contributed by atoms with Gasteiger partial charge < -0.3 is 25.2 Å². The molecule has 0 unspecified atom stereocenters. The van der Waals surface area contributed by atoms with E-state index in [0.29, 0.717) is 24.2 Å². The van der Waals surface area contributed by atoms with Gasteiger partial charge in [-0.3, -0.25) is 14.7 Å². The Morgan fingerprint density at radius 1 is 0.804 bits per heavy atom. The third kappa shape index (κ3) is 9.82. The molecule has 0 fully saturated rings. The monoisotopic (exact) mass is 771 g/mol. The summed E-state index contributed by atoms with van der Waals surface area (Å²) in [5.41, 5.74) is -1.17. The summed E-state index contributed by atoms with van der Waals surface area (Å²) >= 11 is 0.548. The van der Waals surface area contributed by atoms with Crippen molar-refractivity contribution < 1.29 is 72.3 Å². The smallest absolute Gasteiger partial charge is 0.296 e. The average Bonchev–Trinajstić information content (AvgIpc) is 3.10. The van der Waals surface area contributed by atoms with Crippen LogP contribution in [0.2, 0.25) is 0 Å². The summed E-state index contributed by atoms with van der Waals surface area (Å²) in [5.74, 6) is -1.57. The Morgan fingerprint density at radius 3 is 2.12 bits per heavy atom. The largest absolute Gasteiger partial charge is 0.505 e. The molecule has 272 valence electrons. The quantitative estimate of drug-likeness (QED) is 0.0144. The van der Waals surface area contributed by atoms with E-state index >= 15 is 0 Å². The van der Waals surface area contributed by atoms with Gasteiger partial charge in [-0.1, -0.05) is 16.1 Å². The van der Waals surface area contributed by atoms with E-state index in [1.54, 1.807) is 12.1 Å². The first-order chi connectivity index (χ1) is 24.4. The van der Waals surface area contributed by atoms with Crippen LogP contribution in [-0.2, 0) is 35.3 Å². The molecule has 51 heavy (non-hydrogen) atoms. The number of aromatic hydroxyl groups is 2. The van der Waals surface area contributed by atoms with Crippen LogP contribution in [0.3, 0.4) is 0 Å². The van der Waals surface area contributed by atoms with Crippen LogP contribution in [0.1, 0.15) is 12.0 Å². The van der Waals surface area contributed by atoms with Gasteiger partial charge in [-0.05, 0) is 48.1 Å². The third-order valence-corrected chi connectivity index (χ3v) is 8.65. The van der Waals surface area contributed by atoms with Crippen LogP contribution in [0.15, 0.2) is 83.7 Å². The highest BCUT2D eigenvalue weighted by Crippen LogP contribution is 2.51. The maximum atomic E-state index is 12.4. The van der Waals surface area contributed by atoms with Gasteiger partial charge in [0.15, 0.2) is 11.5 Å². The Morgan fingerprint density at radius 2 is 1.47 bits per heavy atom. The van der Waals surface area contributed by atoms with Crippen LogP contribution < -0.4 is 4.74 Å². The van der Waals surface area contributed by atoms with E-state index < -0.39 is 53.9 Å². The number of aliphatic hydroxyl groups excluding tert-OH is 2. The first-order valence-electron chi connectivity index (χ1n) is 13.9. The lowest BCUT2D eigenvalue weighted by Crippen LogP contribution is -2.01. The summed E-state index contributed by atoms with van der Waals surface area (Å²) < 4.78 is 49.2. The number of benzene rings is 4. The van der Waals surface area contributed by atoms with E-state index in [1.807, 2.05) is 0 Å². The van der Waals surface area contributed by atoms with Gasteiger partial charge in [-0.25, -0.2) is 10.5 Å². The minimum Gasteiger partial charge on any atom is -0.505 e. The molecule has 21 nitrogen and oxygen atoms in total. The summed E-state index contributed by atoms with van der Waals surface area (Å²) in [6.07, 6.45) is 0.701. The Kier molecular flexibility index (Phi) is 13.9. The maximum absolute atomic E-state index is 12.4. The van der Waals surface area contributed by atoms with E-state index in [2.05, 4.69) is 39.2 Å². The van der Waals surface area contributed by atoms with Gasteiger partial charge in [-0.15, -0.1) is 29.1 Å². The first kappa shape index (κ1) is 39.2. The van der Waals surface area contributed by atoms with Crippen molar-refractivity contribution in [2.45, 2.75) is 27.5 Å². The molecule has 0 radical (unpaired) electrons. The van der Waals surface area contributed by atoms with Gasteiger partial charge in [0.25, 0.3) is 15.8 Å². The number of phenolic OH excluding ortho intramolecular Hbond substituents is 2. The third-order valence-electron chi connectivity index (χ3n) is 6.53. The number of phenols is 2.